The normalized spacial score (nSPS) is 14.6. The van der Waals surface area contributed by atoms with Crippen LogP contribution in [0.15, 0.2) is 42.2 Å². The van der Waals surface area contributed by atoms with Gasteiger partial charge in [-0.2, -0.15) is 0 Å². The molecule has 5 rings (SSSR count). The molecule has 0 saturated carbocycles. The highest BCUT2D eigenvalue weighted by molar-refractivity contribution is 5.83. The molecule has 1 aliphatic rings. The number of fused-ring (bicyclic) bond motifs is 1. The van der Waals surface area contributed by atoms with Crippen LogP contribution in [0.1, 0.15) is 58.0 Å². The highest BCUT2D eigenvalue weighted by Crippen LogP contribution is 2.30. The third kappa shape index (κ3) is 5.29. The molecule has 1 saturated heterocycles. The van der Waals surface area contributed by atoms with E-state index in [4.69, 9.17) is 0 Å². The van der Waals surface area contributed by atoms with Crippen LogP contribution in [-0.2, 0) is 0 Å². The van der Waals surface area contributed by atoms with Crippen LogP contribution in [-0.4, -0.2) is 48.5 Å². The molecule has 0 unspecified atom stereocenters. The summed E-state index contributed by atoms with van der Waals surface area (Å²) in [5.41, 5.74) is 3.64. The zero-order chi connectivity index (χ0) is 27.0. The Kier molecular flexibility index (Phi) is 7.21. The van der Waals surface area contributed by atoms with Gasteiger partial charge in [-0.05, 0) is 77.3 Å². The van der Waals surface area contributed by atoms with Gasteiger partial charge in [0.2, 0.25) is 5.95 Å². The summed E-state index contributed by atoms with van der Waals surface area (Å²) in [6, 6.07) is 7.46. The Morgan fingerprint density at radius 2 is 1.68 bits per heavy atom. The number of nitrogens with one attached hydrogen (secondary N) is 1. The smallest absolute Gasteiger partial charge is 0.229 e. The van der Waals surface area contributed by atoms with Crippen LogP contribution >= 0.6 is 0 Å². The molecule has 0 bridgehead atoms. The summed E-state index contributed by atoms with van der Waals surface area (Å²) >= 11 is 0. The molecule has 4 heterocycles. The molecule has 0 radical (unpaired) electrons. The van der Waals surface area contributed by atoms with E-state index in [2.05, 4.69) is 50.1 Å². The Morgan fingerprint density at radius 3 is 2.34 bits per heavy atom. The molecule has 4 aromatic rings. The van der Waals surface area contributed by atoms with Crippen LogP contribution in [0.25, 0.3) is 28.4 Å². The number of benzene rings is 1. The van der Waals surface area contributed by atoms with Crippen molar-refractivity contribution in [3.63, 3.8) is 0 Å². The largest absolute Gasteiger partial charge is 0.326 e. The summed E-state index contributed by atoms with van der Waals surface area (Å²) in [6.07, 6.45) is 7.21. The first kappa shape index (κ1) is 25.9. The van der Waals surface area contributed by atoms with Crippen molar-refractivity contribution in [2.45, 2.75) is 59.5 Å². The van der Waals surface area contributed by atoms with Gasteiger partial charge in [0, 0.05) is 36.9 Å². The molecule has 0 amide bonds. The van der Waals surface area contributed by atoms with E-state index in [0.717, 1.165) is 37.7 Å². The second-order valence-electron chi connectivity index (χ2n) is 10.4. The van der Waals surface area contributed by atoms with Gasteiger partial charge in [0.05, 0.1) is 11.7 Å². The Bertz CT molecular complexity index is 1480. The maximum Gasteiger partial charge on any atom is 0.229 e. The van der Waals surface area contributed by atoms with Gasteiger partial charge >= 0.3 is 0 Å². The summed E-state index contributed by atoms with van der Waals surface area (Å²) in [7, 11) is 0. The lowest BCUT2D eigenvalue weighted by Gasteiger charge is -2.31. The first-order chi connectivity index (χ1) is 18.2. The maximum atomic E-state index is 15.0. The van der Waals surface area contributed by atoms with Crippen molar-refractivity contribution in [3.05, 3.63) is 65.3 Å². The van der Waals surface area contributed by atoms with Gasteiger partial charge < -0.3 is 14.8 Å². The Balaban J connectivity index is 1.36. The van der Waals surface area contributed by atoms with Crippen molar-refractivity contribution in [1.82, 2.24) is 29.4 Å². The van der Waals surface area contributed by atoms with Crippen LogP contribution in [0.5, 0.6) is 0 Å². The number of hydrogen-bond donors (Lipinski definition) is 1. The van der Waals surface area contributed by atoms with E-state index in [-0.39, 0.29) is 23.2 Å². The molecule has 1 fully saturated rings. The minimum absolute atomic E-state index is 0.00607. The lowest BCUT2D eigenvalue weighted by atomic mass is 10.0. The molecule has 7 nitrogen and oxygen atoms in total. The second kappa shape index (κ2) is 10.6. The Hall–Kier alpha value is -3.72. The molecule has 1 N–H and O–H groups in total. The monoisotopic (exact) mass is 517 g/mol. The maximum absolute atomic E-state index is 15.0. The third-order valence-electron chi connectivity index (χ3n) is 7.03. The van der Waals surface area contributed by atoms with Gasteiger partial charge in [-0.3, -0.25) is 0 Å². The number of nitrogens with zero attached hydrogens (tertiary/aromatic N) is 6. The number of rotatable bonds is 6. The standard InChI is InChI=1S/C29H33F2N7/c1-17(2)37-10-8-20(9-11-37)12-21-6-7-26(32-15-21)35-29-33-16-24(31)27(36-29)22-13-23(30)28-25(14-22)38(18(3)4)19(5)34-28/h6-7,12-18H,8-11H2,1-5H3,(H,32,33,35,36). The van der Waals surface area contributed by atoms with Gasteiger partial charge in [0.1, 0.15) is 22.9 Å². The SMILES string of the molecule is Cc1nc2c(F)cc(-c3nc(Nc4ccc(C=C5CCN(C(C)C)CC5)cn4)ncc3F)cc2n1C(C)C. The van der Waals surface area contributed by atoms with Gasteiger partial charge in [-0.25, -0.2) is 28.7 Å². The average molecular weight is 518 g/mol. The van der Waals surface area contributed by atoms with Crippen LogP contribution in [0.4, 0.5) is 20.5 Å². The number of pyridine rings is 1. The van der Waals surface area contributed by atoms with Gasteiger partial charge in [-0.15, -0.1) is 0 Å². The van der Waals surface area contributed by atoms with Crippen molar-refractivity contribution in [2.24, 2.45) is 0 Å². The molecule has 1 aromatic carbocycles. The minimum atomic E-state index is -0.639. The molecule has 198 valence electrons. The number of halogens is 2. The van der Waals surface area contributed by atoms with E-state index < -0.39 is 11.6 Å². The van der Waals surface area contributed by atoms with Crippen molar-refractivity contribution < 1.29 is 8.78 Å². The lowest BCUT2D eigenvalue weighted by molar-refractivity contribution is 0.208. The predicted molar refractivity (Wildman–Crippen MR) is 147 cm³/mol. The Labute approximate surface area is 221 Å². The number of imidazole rings is 1. The van der Waals surface area contributed by atoms with E-state index in [9.17, 15) is 8.78 Å². The van der Waals surface area contributed by atoms with Gasteiger partial charge in [0.15, 0.2) is 11.6 Å². The lowest BCUT2D eigenvalue weighted by Crippen LogP contribution is -2.36. The van der Waals surface area contributed by atoms with Crippen molar-refractivity contribution >= 4 is 28.9 Å². The van der Waals surface area contributed by atoms with Crippen LogP contribution in [0.3, 0.4) is 0 Å². The van der Waals surface area contributed by atoms with Gasteiger partial charge in [-0.1, -0.05) is 11.6 Å². The van der Waals surface area contributed by atoms with E-state index in [1.807, 2.05) is 37.5 Å². The van der Waals surface area contributed by atoms with Crippen molar-refractivity contribution in [2.75, 3.05) is 18.4 Å². The van der Waals surface area contributed by atoms with E-state index in [1.165, 1.54) is 11.6 Å². The first-order valence-corrected chi connectivity index (χ1v) is 13.1. The molecular weight excluding hydrogens is 484 g/mol. The summed E-state index contributed by atoms with van der Waals surface area (Å²) in [5, 5.41) is 3.04. The van der Waals surface area contributed by atoms with Crippen molar-refractivity contribution in [1.29, 1.82) is 0 Å². The molecule has 0 aliphatic carbocycles. The number of likely N-dealkylation sites (tertiary alicyclic amines) is 1. The molecule has 38 heavy (non-hydrogen) atoms. The number of hydrogen-bond acceptors (Lipinski definition) is 6. The fourth-order valence-corrected chi connectivity index (χ4v) is 5.07. The summed E-state index contributed by atoms with van der Waals surface area (Å²) in [5.74, 6) is 0.251. The van der Waals surface area contributed by atoms with Crippen LogP contribution in [0, 0.1) is 18.6 Å². The topological polar surface area (TPSA) is 71.8 Å². The summed E-state index contributed by atoms with van der Waals surface area (Å²) in [6.45, 7) is 12.5. The zero-order valence-corrected chi connectivity index (χ0v) is 22.5. The average Bonchev–Trinajstić information content (AvgIpc) is 3.23. The third-order valence-corrected chi connectivity index (χ3v) is 7.03. The highest BCUT2D eigenvalue weighted by Gasteiger charge is 2.19. The summed E-state index contributed by atoms with van der Waals surface area (Å²) in [4.78, 5) is 19.8. The van der Waals surface area contributed by atoms with E-state index in [1.54, 1.807) is 12.3 Å². The molecule has 9 heteroatoms. The number of anilines is 2. The first-order valence-electron chi connectivity index (χ1n) is 13.1. The molecule has 1 aliphatic heterocycles. The van der Waals surface area contributed by atoms with Gasteiger partial charge in [0.25, 0.3) is 0 Å². The Morgan fingerprint density at radius 1 is 0.921 bits per heavy atom. The van der Waals surface area contributed by atoms with Crippen LogP contribution < -0.4 is 5.32 Å². The number of aryl methyl sites for hydroxylation is 1. The predicted octanol–water partition coefficient (Wildman–Crippen LogP) is 6.69. The van der Waals surface area contributed by atoms with Crippen molar-refractivity contribution in [3.8, 4) is 11.3 Å². The number of aromatic nitrogens is 5. The quantitative estimate of drug-likeness (QED) is 0.307. The minimum Gasteiger partial charge on any atom is -0.326 e. The molecular formula is C29H33F2N7. The molecule has 3 aromatic heterocycles. The van der Waals surface area contributed by atoms with E-state index in [0.29, 0.717) is 28.8 Å². The number of piperidine rings is 1. The van der Waals surface area contributed by atoms with Crippen LogP contribution in [0.2, 0.25) is 0 Å². The second-order valence-corrected chi connectivity index (χ2v) is 10.4. The summed E-state index contributed by atoms with van der Waals surface area (Å²) < 4.78 is 31.7. The zero-order valence-electron chi connectivity index (χ0n) is 22.5. The fourth-order valence-electron chi connectivity index (χ4n) is 5.07. The fraction of sp³-hybridized carbons (Fsp3) is 0.379. The van der Waals surface area contributed by atoms with E-state index >= 15 is 0 Å². The molecule has 0 atom stereocenters. The highest BCUT2D eigenvalue weighted by atomic mass is 19.1. The molecule has 0 spiro atoms.